The molecule has 0 aromatic rings. The molecule has 2 fully saturated rings. The summed E-state index contributed by atoms with van der Waals surface area (Å²) in [5, 5.41) is 0. The number of nitrogens with zero attached hydrogens (tertiary/aromatic N) is 1. The molecule has 1 saturated carbocycles. The summed E-state index contributed by atoms with van der Waals surface area (Å²) >= 11 is 0. The summed E-state index contributed by atoms with van der Waals surface area (Å²) in [6, 6.07) is -0.0541. The van der Waals surface area contributed by atoms with E-state index < -0.39 is 0 Å². The molecule has 4 nitrogen and oxygen atoms in total. The molecule has 1 aliphatic heterocycles. The molecule has 1 aliphatic carbocycles. The van der Waals surface area contributed by atoms with Gasteiger partial charge in [0.1, 0.15) is 0 Å². The highest BCUT2D eigenvalue weighted by Gasteiger charge is 2.20. The van der Waals surface area contributed by atoms with Gasteiger partial charge >= 0.3 is 6.03 Å². The first-order chi connectivity index (χ1) is 7.36. The van der Waals surface area contributed by atoms with Gasteiger partial charge in [0.25, 0.3) is 0 Å². The molecule has 2 rings (SSSR count). The second kappa shape index (κ2) is 5.35. The van der Waals surface area contributed by atoms with Gasteiger partial charge in [-0.1, -0.05) is 12.8 Å². The van der Waals surface area contributed by atoms with Crippen LogP contribution in [0, 0.1) is 0 Å². The van der Waals surface area contributed by atoms with Gasteiger partial charge in [-0.2, -0.15) is 0 Å². The van der Waals surface area contributed by atoms with E-state index in [1.54, 1.807) is 0 Å². The van der Waals surface area contributed by atoms with Crippen LogP contribution in [0.2, 0.25) is 0 Å². The number of rotatable bonds is 2. The van der Waals surface area contributed by atoms with Crippen LogP contribution in [0.4, 0.5) is 4.79 Å². The number of likely N-dealkylation sites (tertiary alicyclic amines) is 1. The first kappa shape index (κ1) is 10.7. The quantitative estimate of drug-likeness (QED) is 0.712. The van der Waals surface area contributed by atoms with Gasteiger partial charge in [-0.25, -0.2) is 10.3 Å². The van der Waals surface area contributed by atoms with Gasteiger partial charge in [0.05, 0.1) is 6.10 Å². The fourth-order valence-corrected chi connectivity index (χ4v) is 2.30. The summed E-state index contributed by atoms with van der Waals surface area (Å²) in [7, 11) is 0. The number of nitrogens with one attached hydrogen (secondary N) is 1. The minimum absolute atomic E-state index is 0.0541. The zero-order valence-corrected chi connectivity index (χ0v) is 9.21. The summed E-state index contributed by atoms with van der Waals surface area (Å²) in [6.45, 7) is 1.75. The average Bonchev–Trinajstić information content (AvgIpc) is 2.80. The van der Waals surface area contributed by atoms with Crippen LogP contribution in [0.15, 0.2) is 0 Å². The highest BCUT2D eigenvalue weighted by Crippen LogP contribution is 2.20. The molecule has 1 saturated heterocycles. The maximum atomic E-state index is 11.6. The SMILES string of the molecule is O=C(NOC1CCCC1)N1CCCCC1. The molecule has 2 amide bonds. The van der Waals surface area contributed by atoms with Gasteiger partial charge in [0, 0.05) is 13.1 Å². The van der Waals surface area contributed by atoms with Crippen molar-refractivity contribution in [3.63, 3.8) is 0 Å². The van der Waals surface area contributed by atoms with Crippen LogP contribution in [-0.2, 0) is 4.84 Å². The lowest BCUT2D eigenvalue weighted by Gasteiger charge is -2.27. The van der Waals surface area contributed by atoms with Crippen molar-refractivity contribution >= 4 is 6.03 Å². The summed E-state index contributed by atoms with van der Waals surface area (Å²) in [5.41, 5.74) is 2.58. The number of hydrogen-bond donors (Lipinski definition) is 1. The van der Waals surface area contributed by atoms with E-state index in [2.05, 4.69) is 5.48 Å². The van der Waals surface area contributed by atoms with Gasteiger partial charge in [0.2, 0.25) is 0 Å². The zero-order valence-electron chi connectivity index (χ0n) is 9.21. The standard InChI is InChI=1S/C11H20N2O2/c14-11(13-8-4-1-5-9-13)12-15-10-6-2-3-7-10/h10H,1-9H2,(H,12,14). The Bertz CT molecular complexity index is 209. The predicted molar refractivity (Wildman–Crippen MR) is 57.3 cm³/mol. The Kier molecular flexibility index (Phi) is 3.83. The van der Waals surface area contributed by atoms with Gasteiger partial charge in [-0.3, -0.25) is 4.84 Å². The van der Waals surface area contributed by atoms with E-state index in [0.717, 1.165) is 38.8 Å². The maximum Gasteiger partial charge on any atom is 0.341 e. The number of piperidine rings is 1. The van der Waals surface area contributed by atoms with Crippen molar-refractivity contribution in [3.05, 3.63) is 0 Å². The number of hydroxylamine groups is 1. The molecule has 0 radical (unpaired) electrons. The zero-order chi connectivity index (χ0) is 10.5. The topological polar surface area (TPSA) is 41.6 Å². The fourth-order valence-electron chi connectivity index (χ4n) is 2.30. The van der Waals surface area contributed by atoms with Crippen LogP contribution in [0.5, 0.6) is 0 Å². The van der Waals surface area contributed by atoms with Crippen LogP contribution < -0.4 is 5.48 Å². The largest absolute Gasteiger partial charge is 0.341 e. The predicted octanol–water partition coefficient (Wildman–Crippen LogP) is 2.06. The molecule has 4 heteroatoms. The first-order valence-corrected chi connectivity index (χ1v) is 6.07. The molecule has 0 aromatic carbocycles. The van der Waals surface area contributed by atoms with Crippen molar-refractivity contribution in [2.45, 2.75) is 51.0 Å². The van der Waals surface area contributed by atoms with Gasteiger partial charge in [0.15, 0.2) is 0 Å². The Morgan fingerprint density at radius 1 is 1.07 bits per heavy atom. The van der Waals surface area contributed by atoms with E-state index in [1.165, 1.54) is 19.3 Å². The second-order valence-corrected chi connectivity index (χ2v) is 4.48. The molecule has 0 spiro atoms. The minimum Gasteiger partial charge on any atom is -0.323 e. The molecule has 0 unspecified atom stereocenters. The number of hydrogen-bond acceptors (Lipinski definition) is 2. The van der Waals surface area contributed by atoms with Crippen molar-refractivity contribution in [2.24, 2.45) is 0 Å². The molecular weight excluding hydrogens is 192 g/mol. The highest BCUT2D eigenvalue weighted by molar-refractivity contribution is 5.73. The minimum atomic E-state index is -0.0541. The summed E-state index contributed by atoms with van der Waals surface area (Å²) in [6.07, 6.45) is 8.36. The Morgan fingerprint density at radius 2 is 1.73 bits per heavy atom. The molecule has 0 bridgehead atoms. The summed E-state index contributed by atoms with van der Waals surface area (Å²) in [4.78, 5) is 18.9. The Labute approximate surface area is 90.9 Å². The molecular formula is C11H20N2O2. The third-order valence-electron chi connectivity index (χ3n) is 3.26. The molecule has 15 heavy (non-hydrogen) atoms. The molecule has 0 atom stereocenters. The Morgan fingerprint density at radius 3 is 2.40 bits per heavy atom. The van der Waals surface area contributed by atoms with Crippen LogP contribution in [0.25, 0.3) is 0 Å². The molecule has 1 N–H and O–H groups in total. The highest BCUT2D eigenvalue weighted by atomic mass is 16.7. The van der Waals surface area contributed by atoms with Crippen molar-refractivity contribution < 1.29 is 9.63 Å². The van der Waals surface area contributed by atoms with Crippen LogP contribution >= 0.6 is 0 Å². The molecule has 2 aliphatic rings. The Balaban J connectivity index is 1.66. The van der Waals surface area contributed by atoms with Crippen molar-refractivity contribution in [1.82, 2.24) is 10.4 Å². The lowest BCUT2D eigenvalue weighted by atomic mass is 10.1. The van der Waals surface area contributed by atoms with E-state index in [9.17, 15) is 4.79 Å². The number of carbonyl (C=O) groups excluding carboxylic acids is 1. The van der Waals surface area contributed by atoms with Crippen LogP contribution in [-0.4, -0.2) is 30.1 Å². The number of urea groups is 1. The Hall–Kier alpha value is -0.770. The van der Waals surface area contributed by atoms with E-state index in [1.807, 2.05) is 4.90 Å². The van der Waals surface area contributed by atoms with Crippen LogP contribution in [0.3, 0.4) is 0 Å². The van der Waals surface area contributed by atoms with E-state index in [4.69, 9.17) is 4.84 Å². The maximum absolute atomic E-state index is 11.6. The van der Waals surface area contributed by atoms with E-state index >= 15 is 0 Å². The normalized spacial score (nSPS) is 23.1. The van der Waals surface area contributed by atoms with Gasteiger partial charge in [-0.15, -0.1) is 0 Å². The molecule has 0 aromatic heterocycles. The molecule has 86 valence electrons. The smallest absolute Gasteiger partial charge is 0.323 e. The second-order valence-electron chi connectivity index (χ2n) is 4.48. The van der Waals surface area contributed by atoms with E-state index in [-0.39, 0.29) is 12.1 Å². The third kappa shape index (κ3) is 3.09. The monoisotopic (exact) mass is 212 g/mol. The number of amides is 2. The van der Waals surface area contributed by atoms with E-state index in [0.29, 0.717) is 0 Å². The average molecular weight is 212 g/mol. The lowest BCUT2D eigenvalue weighted by molar-refractivity contribution is -0.00906. The molecule has 1 heterocycles. The third-order valence-corrected chi connectivity index (χ3v) is 3.26. The van der Waals surface area contributed by atoms with Crippen molar-refractivity contribution in [1.29, 1.82) is 0 Å². The fraction of sp³-hybridized carbons (Fsp3) is 0.909. The summed E-state index contributed by atoms with van der Waals surface area (Å²) in [5.74, 6) is 0. The van der Waals surface area contributed by atoms with Crippen molar-refractivity contribution in [2.75, 3.05) is 13.1 Å². The number of carbonyl (C=O) groups is 1. The first-order valence-electron chi connectivity index (χ1n) is 6.07. The lowest BCUT2D eigenvalue weighted by Crippen LogP contribution is -2.43. The van der Waals surface area contributed by atoms with Crippen LogP contribution in [0.1, 0.15) is 44.9 Å². The van der Waals surface area contributed by atoms with Gasteiger partial charge < -0.3 is 4.90 Å². The summed E-state index contributed by atoms with van der Waals surface area (Å²) < 4.78 is 0. The van der Waals surface area contributed by atoms with Crippen molar-refractivity contribution in [3.8, 4) is 0 Å². The van der Waals surface area contributed by atoms with Gasteiger partial charge in [-0.05, 0) is 32.1 Å².